The van der Waals surface area contributed by atoms with Gasteiger partial charge < -0.3 is 11.1 Å². The molecule has 0 aliphatic heterocycles. The topological polar surface area (TPSA) is 50.9 Å². The first-order chi connectivity index (χ1) is 9.02. The van der Waals surface area contributed by atoms with Crippen LogP contribution in [0.2, 0.25) is 0 Å². The lowest BCUT2D eigenvalue weighted by atomic mass is 9.94. The van der Waals surface area contributed by atoms with Gasteiger partial charge in [-0.25, -0.2) is 9.37 Å². The van der Waals surface area contributed by atoms with Crippen LogP contribution in [0.25, 0.3) is 0 Å². The Morgan fingerprint density at radius 2 is 1.95 bits per heavy atom. The highest BCUT2D eigenvalue weighted by Gasteiger charge is 2.18. The Kier molecular flexibility index (Phi) is 3.81. The summed E-state index contributed by atoms with van der Waals surface area (Å²) in [6, 6.07) is 6.69. The number of benzene rings is 1. The van der Waals surface area contributed by atoms with Crippen LogP contribution >= 0.6 is 0 Å². The summed E-state index contributed by atoms with van der Waals surface area (Å²) >= 11 is 0. The lowest BCUT2D eigenvalue weighted by molar-refractivity contribution is 0.621. The van der Waals surface area contributed by atoms with E-state index in [1.807, 2.05) is 27.0 Å². The van der Waals surface area contributed by atoms with Gasteiger partial charge in [-0.1, -0.05) is 6.07 Å². The summed E-state index contributed by atoms with van der Waals surface area (Å²) in [5.74, 6) is 0.264. The average molecular weight is 259 g/mol. The highest BCUT2D eigenvalue weighted by atomic mass is 19.1. The Labute approximate surface area is 112 Å². The molecule has 0 bridgehead atoms. The molecule has 0 aliphatic carbocycles. The number of pyridine rings is 1. The molecule has 0 fully saturated rings. The van der Waals surface area contributed by atoms with Crippen molar-refractivity contribution in [2.45, 2.75) is 19.9 Å². The number of halogens is 1. The van der Waals surface area contributed by atoms with E-state index in [4.69, 9.17) is 5.73 Å². The van der Waals surface area contributed by atoms with Crippen molar-refractivity contribution in [2.75, 3.05) is 12.8 Å². The molecule has 100 valence electrons. The molecule has 3 N–H and O–H groups in total. The maximum atomic E-state index is 13.2. The minimum Gasteiger partial charge on any atom is -0.383 e. The first kappa shape index (κ1) is 13.5. The van der Waals surface area contributed by atoms with Crippen LogP contribution in [0.1, 0.15) is 28.3 Å². The maximum absolute atomic E-state index is 13.2. The second-order valence-corrected chi connectivity index (χ2v) is 4.71. The molecule has 4 heteroatoms. The summed E-state index contributed by atoms with van der Waals surface area (Å²) < 4.78 is 13.2. The van der Waals surface area contributed by atoms with Crippen molar-refractivity contribution < 1.29 is 4.39 Å². The number of nitrogens with two attached hydrogens (primary N) is 1. The van der Waals surface area contributed by atoms with E-state index in [1.165, 1.54) is 12.1 Å². The third kappa shape index (κ3) is 2.74. The number of hydrogen-bond donors (Lipinski definition) is 2. The smallest absolute Gasteiger partial charge is 0.128 e. The van der Waals surface area contributed by atoms with E-state index in [2.05, 4.69) is 10.3 Å². The molecule has 0 spiro atoms. The van der Waals surface area contributed by atoms with Crippen molar-refractivity contribution in [3.05, 3.63) is 58.5 Å². The van der Waals surface area contributed by atoms with E-state index < -0.39 is 0 Å². The normalized spacial score (nSPS) is 12.4. The zero-order valence-electron chi connectivity index (χ0n) is 11.4. The van der Waals surface area contributed by atoms with E-state index in [9.17, 15) is 4.39 Å². The molecule has 0 amide bonds. The van der Waals surface area contributed by atoms with Gasteiger partial charge in [0.15, 0.2) is 0 Å². The molecule has 1 heterocycles. The maximum Gasteiger partial charge on any atom is 0.128 e. The van der Waals surface area contributed by atoms with Gasteiger partial charge in [-0.2, -0.15) is 0 Å². The summed E-state index contributed by atoms with van der Waals surface area (Å²) in [7, 11) is 1.86. The Bertz CT molecular complexity index is 596. The minimum atomic E-state index is -0.230. The summed E-state index contributed by atoms with van der Waals surface area (Å²) in [5, 5.41) is 3.22. The van der Waals surface area contributed by atoms with E-state index in [1.54, 1.807) is 12.3 Å². The van der Waals surface area contributed by atoms with Gasteiger partial charge in [0.05, 0.1) is 6.04 Å². The monoisotopic (exact) mass is 259 g/mol. The van der Waals surface area contributed by atoms with Crippen LogP contribution in [0.5, 0.6) is 0 Å². The van der Waals surface area contributed by atoms with Crippen molar-refractivity contribution in [3.63, 3.8) is 0 Å². The standard InChI is InChI=1S/C15H18FN3/c1-9-6-13(15(17)19-8-9)14(18-3)12-5-4-11(16)7-10(12)2/h4-8,14,18H,1-3H3,(H2,17,19). The second-order valence-electron chi connectivity index (χ2n) is 4.71. The quantitative estimate of drug-likeness (QED) is 0.891. The van der Waals surface area contributed by atoms with Crippen LogP contribution in [0, 0.1) is 19.7 Å². The Balaban J connectivity index is 2.52. The molecule has 2 rings (SSSR count). The van der Waals surface area contributed by atoms with Gasteiger partial charge in [0.1, 0.15) is 11.6 Å². The van der Waals surface area contributed by atoms with Crippen LogP contribution in [0.3, 0.4) is 0 Å². The molecule has 1 atom stereocenters. The fourth-order valence-corrected chi connectivity index (χ4v) is 2.28. The molecular weight excluding hydrogens is 241 g/mol. The van der Waals surface area contributed by atoms with Crippen molar-refractivity contribution in [1.29, 1.82) is 0 Å². The summed E-state index contributed by atoms with van der Waals surface area (Å²) in [4.78, 5) is 4.18. The Morgan fingerprint density at radius 3 is 2.58 bits per heavy atom. The molecule has 19 heavy (non-hydrogen) atoms. The number of anilines is 1. The number of nitrogens with one attached hydrogen (secondary N) is 1. The third-order valence-electron chi connectivity index (χ3n) is 3.23. The van der Waals surface area contributed by atoms with Crippen molar-refractivity contribution in [1.82, 2.24) is 10.3 Å². The van der Waals surface area contributed by atoms with E-state index in [0.29, 0.717) is 5.82 Å². The molecule has 3 nitrogen and oxygen atoms in total. The molecule has 0 aliphatic rings. The lowest BCUT2D eigenvalue weighted by Gasteiger charge is -2.21. The van der Waals surface area contributed by atoms with Gasteiger partial charge >= 0.3 is 0 Å². The fraction of sp³-hybridized carbons (Fsp3) is 0.267. The SMILES string of the molecule is CNC(c1ccc(F)cc1C)c1cc(C)cnc1N. The number of aryl methyl sites for hydroxylation is 2. The second kappa shape index (κ2) is 5.36. The molecule has 1 aromatic heterocycles. The Morgan fingerprint density at radius 1 is 1.21 bits per heavy atom. The first-order valence-corrected chi connectivity index (χ1v) is 6.18. The zero-order chi connectivity index (χ0) is 14.0. The van der Waals surface area contributed by atoms with Crippen LogP contribution < -0.4 is 11.1 Å². The van der Waals surface area contributed by atoms with Crippen LogP contribution in [0.15, 0.2) is 30.5 Å². The number of nitrogens with zero attached hydrogens (tertiary/aromatic N) is 1. The number of aromatic nitrogens is 1. The molecule has 0 radical (unpaired) electrons. The van der Waals surface area contributed by atoms with Gasteiger partial charge in [-0.15, -0.1) is 0 Å². The number of hydrogen-bond acceptors (Lipinski definition) is 3. The largest absolute Gasteiger partial charge is 0.383 e. The highest BCUT2D eigenvalue weighted by Crippen LogP contribution is 2.28. The summed E-state index contributed by atoms with van der Waals surface area (Å²) in [5.41, 5.74) is 9.81. The lowest BCUT2D eigenvalue weighted by Crippen LogP contribution is -2.20. The zero-order valence-corrected chi connectivity index (χ0v) is 11.4. The van der Waals surface area contributed by atoms with Crippen molar-refractivity contribution >= 4 is 5.82 Å². The first-order valence-electron chi connectivity index (χ1n) is 6.18. The number of nitrogen functional groups attached to an aromatic ring is 1. The average Bonchev–Trinajstić information content (AvgIpc) is 2.36. The molecule has 1 aromatic carbocycles. The third-order valence-corrected chi connectivity index (χ3v) is 3.23. The fourth-order valence-electron chi connectivity index (χ4n) is 2.28. The Hall–Kier alpha value is -1.94. The van der Waals surface area contributed by atoms with Gasteiger partial charge in [0.2, 0.25) is 0 Å². The molecule has 1 unspecified atom stereocenters. The number of rotatable bonds is 3. The highest BCUT2D eigenvalue weighted by molar-refractivity contribution is 5.48. The van der Waals surface area contributed by atoms with Crippen LogP contribution in [0.4, 0.5) is 10.2 Å². The summed E-state index contributed by atoms with van der Waals surface area (Å²) in [6.07, 6.45) is 1.74. The molecule has 2 aromatic rings. The van der Waals surface area contributed by atoms with E-state index in [0.717, 1.165) is 22.3 Å². The van der Waals surface area contributed by atoms with Gasteiger partial charge in [-0.05, 0) is 55.8 Å². The van der Waals surface area contributed by atoms with E-state index in [-0.39, 0.29) is 11.9 Å². The predicted molar refractivity (Wildman–Crippen MR) is 75.4 cm³/mol. The molecule has 0 saturated heterocycles. The van der Waals surface area contributed by atoms with Crippen molar-refractivity contribution in [3.8, 4) is 0 Å². The van der Waals surface area contributed by atoms with E-state index >= 15 is 0 Å². The van der Waals surface area contributed by atoms with Crippen LogP contribution in [-0.4, -0.2) is 12.0 Å². The van der Waals surface area contributed by atoms with Gasteiger partial charge in [0, 0.05) is 11.8 Å². The molecular formula is C15H18FN3. The predicted octanol–water partition coefficient (Wildman–Crippen LogP) is 2.73. The van der Waals surface area contributed by atoms with Crippen LogP contribution in [-0.2, 0) is 0 Å². The van der Waals surface area contributed by atoms with Crippen molar-refractivity contribution in [2.24, 2.45) is 0 Å². The van der Waals surface area contributed by atoms with Gasteiger partial charge in [-0.3, -0.25) is 0 Å². The summed E-state index contributed by atoms with van der Waals surface area (Å²) in [6.45, 7) is 3.86. The molecule has 0 saturated carbocycles. The van der Waals surface area contributed by atoms with Gasteiger partial charge in [0.25, 0.3) is 0 Å². The minimum absolute atomic E-state index is 0.0898.